The zero-order chi connectivity index (χ0) is 16.7. The predicted molar refractivity (Wildman–Crippen MR) is 95.7 cm³/mol. The first-order valence-corrected chi connectivity index (χ1v) is 8.92. The number of carbonyl (C=O) groups is 1. The van der Waals surface area contributed by atoms with Gasteiger partial charge in [0, 0.05) is 47.8 Å². The second kappa shape index (κ2) is 6.10. The van der Waals surface area contributed by atoms with Gasteiger partial charge in [0.25, 0.3) is 5.91 Å². The molecule has 1 atom stereocenters. The van der Waals surface area contributed by atoms with E-state index in [0.717, 1.165) is 36.8 Å². The molecule has 0 unspecified atom stereocenters. The van der Waals surface area contributed by atoms with Crippen LogP contribution >= 0.6 is 0 Å². The van der Waals surface area contributed by atoms with Crippen molar-refractivity contribution in [3.05, 3.63) is 53.3 Å². The van der Waals surface area contributed by atoms with E-state index >= 15 is 0 Å². The highest BCUT2D eigenvalue weighted by molar-refractivity contribution is 5.94. The van der Waals surface area contributed by atoms with Crippen LogP contribution in [0.3, 0.4) is 0 Å². The summed E-state index contributed by atoms with van der Waals surface area (Å²) in [5.41, 5.74) is 4.25. The molecule has 1 aromatic carbocycles. The fourth-order valence-corrected chi connectivity index (χ4v) is 3.78. The molecule has 2 aliphatic rings. The summed E-state index contributed by atoms with van der Waals surface area (Å²) in [6, 6.07) is 13.2. The van der Waals surface area contributed by atoms with Crippen LogP contribution in [0.25, 0.3) is 5.69 Å². The van der Waals surface area contributed by atoms with E-state index in [2.05, 4.69) is 40.8 Å². The van der Waals surface area contributed by atoms with E-state index in [1.807, 2.05) is 24.3 Å². The van der Waals surface area contributed by atoms with Crippen molar-refractivity contribution < 1.29 is 4.79 Å². The van der Waals surface area contributed by atoms with Crippen LogP contribution in [-0.2, 0) is 0 Å². The summed E-state index contributed by atoms with van der Waals surface area (Å²) >= 11 is 0. The highest BCUT2D eigenvalue weighted by atomic mass is 16.1. The molecule has 1 aliphatic heterocycles. The molecule has 0 spiro atoms. The molecule has 1 aliphatic carbocycles. The number of nitrogens with one attached hydrogen (secondary N) is 1. The number of aromatic nitrogens is 1. The topological polar surface area (TPSA) is 37.3 Å². The summed E-state index contributed by atoms with van der Waals surface area (Å²) in [5, 5.41) is 3.20. The number of amides is 1. The number of hydrogen-bond acceptors (Lipinski definition) is 2. The summed E-state index contributed by atoms with van der Waals surface area (Å²) < 4.78 is 2.20. The van der Waals surface area contributed by atoms with E-state index < -0.39 is 0 Å². The van der Waals surface area contributed by atoms with Gasteiger partial charge < -0.3 is 9.88 Å². The summed E-state index contributed by atoms with van der Waals surface area (Å²) in [5.74, 6) is 0.0464. The van der Waals surface area contributed by atoms with Gasteiger partial charge in [-0.3, -0.25) is 9.69 Å². The fourth-order valence-electron chi connectivity index (χ4n) is 3.78. The molecule has 4 heteroatoms. The Morgan fingerprint density at radius 2 is 1.67 bits per heavy atom. The fraction of sp³-hybridized carbons (Fsp3) is 0.450. The van der Waals surface area contributed by atoms with Crippen molar-refractivity contribution in [1.29, 1.82) is 0 Å². The average molecular weight is 323 g/mol. The molecule has 2 aromatic rings. The number of aryl methyl sites for hydroxylation is 2. The van der Waals surface area contributed by atoms with Gasteiger partial charge in [-0.05, 0) is 69.5 Å². The van der Waals surface area contributed by atoms with Gasteiger partial charge in [0.2, 0.25) is 0 Å². The summed E-state index contributed by atoms with van der Waals surface area (Å²) in [7, 11) is 0. The average Bonchev–Trinajstić information content (AvgIpc) is 3.24. The van der Waals surface area contributed by atoms with Gasteiger partial charge in [0.15, 0.2) is 0 Å². The van der Waals surface area contributed by atoms with Crippen molar-refractivity contribution in [2.75, 3.05) is 13.1 Å². The molecule has 4 nitrogen and oxygen atoms in total. The van der Waals surface area contributed by atoms with Crippen LogP contribution in [0.5, 0.6) is 0 Å². The Morgan fingerprint density at radius 1 is 1.00 bits per heavy atom. The number of carbonyl (C=O) groups excluding carboxylic acids is 1. The molecule has 2 fully saturated rings. The number of benzene rings is 1. The lowest BCUT2D eigenvalue weighted by Crippen LogP contribution is -2.37. The van der Waals surface area contributed by atoms with Gasteiger partial charge in [0.05, 0.1) is 0 Å². The third-order valence-corrected chi connectivity index (χ3v) is 5.28. The molecule has 0 bridgehead atoms. The lowest BCUT2D eigenvalue weighted by molar-refractivity contribution is 0.0937. The zero-order valence-electron chi connectivity index (χ0n) is 14.5. The molecule has 0 radical (unpaired) electrons. The first kappa shape index (κ1) is 15.5. The van der Waals surface area contributed by atoms with Crippen LogP contribution in [0, 0.1) is 13.8 Å². The number of likely N-dealkylation sites (tertiary alicyclic amines) is 1. The van der Waals surface area contributed by atoms with Gasteiger partial charge in [-0.2, -0.15) is 0 Å². The first-order chi connectivity index (χ1) is 11.6. The van der Waals surface area contributed by atoms with Crippen LogP contribution in [-0.4, -0.2) is 40.5 Å². The van der Waals surface area contributed by atoms with E-state index in [0.29, 0.717) is 6.04 Å². The van der Waals surface area contributed by atoms with Gasteiger partial charge >= 0.3 is 0 Å². The molecule has 1 saturated heterocycles. The lowest BCUT2D eigenvalue weighted by atomic mass is 10.1. The van der Waals surface area contributed by atoms with E-state index in [1.54, 1.807) is 0 Å². The molecule has 1 amide bonds. The minimum Gasteiger partial charge on any atom is -0.348 e. The van der Waals surface area contributed by atoms with E-state index in [4.69, 9.17) is 0 Å². The summed E-state index contributed by atoms with van der Waals surface area (Å²) in [6.45, 7) is 6.33. The molecule has 1 N–H and O–H groups in total. The summed E-state index contributed by atoms with van der Waals surface area (Å²) in [4.78, 5) is 15.0. The van der Waals surface area contributed by atoms with Crippen molar-refractivity contribution in [2.24, 2.45) is 0 Å². The highest BCUT2D eigenvalue weighted by Gasteiger charge is 2.34. The second-order valence-corrected chi connectivity index (χ2v) is 7.18. The molecule has 126 valence electrons. The third-order valence-electron chi connectivity index (χ3n) is 5.28. The third kappa shape index (κ3) is 2.98. The maximum Gasteiger partial charge on any atom is 0.251 e. The van der Waals surface area contributed by atoms with Crippen LogP contribution in [0.15, 0.2) is 36.4 Å². The van der Waals surface area contributed by atoms with Gasteiger partial charge in [-0.25, -0.2) is 0 Å². The normalized spacial score (nSPS) is 21.2. The minimum absolute atomic E-state index is 0.0464. The standard InChI is InChI=1S/C20H25N3O/c1-14-3-4-15(2)23(14)19-7-5-16(6-8-19)20(24)21-17-11-12-22(13-17)18-9-10-18/h3-8,17-18H,9-13H2,1-2H3,(H,21,24)/t17-/m0/s1. The van der Waals surface area contributed by atoms with Crippen molar-refractivity contribution in [2.45, 2.75) is 45.2 Å². The van der Waals surface area contributed by atoms with Gasteiger partial charge in [-0.1, -0.05) is 0 Å². The van der Waals surface area contributed by atoms with Gasteiger partial charge in [0.1, 0.15) is 0 Å². The number of nitrogens with zero attached hydrogens (tertiary/aromatic N) is 2. The van der Waals surface area contributed by atoms with E-state index in [9.17, 15) is 4.79 Å². The smallest absolute Gasteiger partial charge is 0.251 e. The molecular weight excluding hydrogens is 298 g/mol. The maximum atomic E-state index is 12.5. The Labute approximate surface area is 143 Å². The first-order valence-electron chi connectivity index (χ1n) is 8.92. The quantitative estimate of drug-likeness (QED) is 0.939. The molecular formula is C20H25N3O. The monoisotopic (exact) mass is 323 g/mol. The Balaban J connectivity index is 1.42. The van der Waals surface area contributed by atoms with Crippen molar-refractivity contribution in [3.8, 4) is 5.69 Å². The Bertz CT molecular complexity index is 723. The molecule has 1 saturated carbocycles. The Morgan fingerprint density at radius 3 is 2.29 bits per heavy atom. The highest BCUT2D eigenvalue weighted by Crippen LogP contribution is 2.29. The van der Waals surface area contributed by atoms with E-state index in [-0.39, 0.29) is 5.91 Å². The molecule has 2 heterocycles. The van der Waals surface area contributed by atoms with Crippen molar-refractivity contribution in [3.63, 3.8) is 0 Å². The van der Waals surface area contributed by atoms with Crippen molar-refractivity contribution in [1.82, 2.24) is 14.8 Å². The maximum absolute atomic E-state index is 12.5. The summed E-state index contributed by atoms with van der Waals surface area (Å²) in [6.07, 6.45) is 3.74. The van der Waals surface area contributed by atoms with Crippen molar-refractivity contribution >= 4 is 5.91 Å². The largest absolute Gasteiger partial charge is 0.348 e. The second-order valence-electron chi connectivity index (χ2n) is 7.18. The predicted octanol–water partition coefficient (Wildman–Crippen LogP) is 3.06. The van der Waals surface area contributed by atoms with Crippen LogP contribution in [0.1, 0.15) is 41.0 Å². The molecule has 1 aromatic heterocycles. The van der Waals surface area contributed by atoms with Gasteiger partial charge in [-0.15, -0.1) is 0 Å². The SMILES string of the molecule is Cc1ccc(C)n1-c1ccc(C(=O)N[C@H]2CCN(C3CC3)C2)cc1. The Hall–Kier alpha value is -2.07. The van der Waals surface area contributed by atoms with Crippen LogP contribution in [0.4, 0.5) is 0 Å². The number of hydrogen-bond donors (Lipinski definition) is 1. The van der Waals surface area contributed by atoms with E-state index in [1.165, 1.54) is 24.2 Å². The number of rotatable bonds is 4. The molecule has 4 rings (SSSR count). The minimum atomic E-state index is 0.0464. The lowest BCUT2D eigenvalue weighted by Gasteiger charge is -2.16. The molecule has 24 heavy (non-hydrogen) atoms. The van der Waals surface area contributed by atoms with Crippen LogP contribution in [0.2, 0.25) is 0 Å². The zero-order valence-corrected chi connectivity index (χ0v) is 14.5. The van der Waals surface area contributed by atoms with Crippen LogP contribution < -0.4 is 5.32 Å². The Kier molecular flexibility index (Phi) is 3.93.